The lowest BCUT2D eigenvalue weighted by atomic mass is 10.1. The Bertz CT molecular complexity index is 1160. The van der Waals surface area contributed by atoms with Crippen molar-refractivity contribution in [2.24, 2.45) is 0 Å². The second-order valence-corrected chi connectivity index (χ2v) is 16.7. The van der Waals surface area contributed by atoms with E-state index >= 15 is 0 Å². The summed E-state index contributed by atoms with van der Waals surface area (Å²) in [4.78, 5) is 37.8. The van der Waals surface area contributed by atoms with Crippen molar-refractivity contribution in [1.82, 2.24) is 0 Å². The highest BCUT2D eigenvalue weighted by Gasteiger charge is 2.19. The van der Waals surface area contributed by atoms with Gasteiger partial charge in [0.15, 0.2) is 6.10 Å². The van der Waals surface area contributed by atoms with Crippen molar-refractivity contribution < 1.29 is 28.6 Å². The maximum absolute atomic E-state index is 12.7. The van der Waals surface area contributed by atoms with E-state index in [2.05, 4.69) is 81.5 Å². The standard InChI is InChI=1S/C55H94O6/c1-4-7-10-13-16-19-22-25-26-27-28-31-33-36-39-42-45-48-54(57)60-51-52(61-55(58)49-46-43-40-37-34-30-24-21-18-15-12-9-6-3)50-59-53(56)47-44-41-38-35-32-29-23-20-17-14-11-8-5-2/h16,19,25-26,29-30,32,34,38,40-41,43,52H,4-15,17-18,20-24,27-28,31,33,35-37,39,42,44-51H2,1-3H3/b19-16-,26-25-,32-29-,34-30-,41-38-,43-40-. The summed E-state index contributed by atoms with van der Waals surface area (Å²) in [6.07, 6.45) is 61.9. The highest BCUT2D eigenvalue weighted by atomic mass is 16.6. The summed E-state index contributed by atoms with van der Waals surface area (Å²) >= 11 is 0. The van der Waals surface area contributed by atoms with Crippen molar-refractivity contribution in [2.75, 3.05) is 13.2 Å². The van der Waals surface area contributed by atoms with Gasteiger partial charge in [-0.1, -0.05) is 203 Å². The van der Waals surface area contributed by atoms with Crippen molar-refractivity contribution in [1.29, 1.82) is 0 Å². The maximum Gasteiger partial charge on any atom is 0.306 e. The van der Waals surface area contributed by atoms with Gasteiger partial charge < -0.3 is 14.2 Å². The Balaban J connectivity index is 4.50. The summed E-state index contributed by atoms with van der Waals surface area (Å²) < 4.78 is 16.6. The van der Waals surface area contributed by atoms with E-state index in [9.17, 15) is 14.4 Å². The number of allylic oxidation sites excluding steroid dienone is 12. The molecule has 0 radical (unpaired) electrons. The first-order valence-electron chi connectivity index (χ1n) is 25.4. The Hall–Kier alpha value is -3.15. The zero-order chi connectivity index (χ0) is 44.4. The minimum Gasteiger partial charge on any atom is -0.462 e. The number of hydrogen-bond acceptors (Lipinski definition) is 6. The van der Waals surface area contributed by atoms with E-state index in [0.29, 0.717) is 19.3 Å². The Morgan fingerprint density at radius 3 is 1.03 bits per heavy atom. The first-order valence-corrected chi connectivity index (χ1v) is 25.4. The molecule has 0 rings (SSSR count). The predicted molar refractivity (Wildman–Crippen MR) is 261 cm³/mol. The van der Waals surface area contributed by atoms with Gasteiger partial charge in [-0.25, -0.2) is 0 Å². The van der Waals surface area contributed by atoms with Crippen molar-refractivity contribution >= 4 is 17.9 Å². The number of hydrogen-bond donors (Lipinski definition) is 0. The first-order chi connectivity index (χ1) is 30.0. The average molecular weight is 851 g/mol. The summed E-state index contributed by atoms with van der Waals surface area (Å²) in [5.74, 6) is -1.07. The second kappa shape index (κ2) is 49.5. The zero-order valence-electron chi connectivity index (χ0n) is 39.9. The molecule has 6 nitrogen and oxygen atoms in total. The number of carbonyl (C=O) groups excluding carboxylic acids is 3. The summed E-state index contributed by atoms with van der Waals surface area (Å²) in [6, 6.07) is 0. The third kappa shape index (κ3) is 47.7. The Morgan fingerprint density at radius 2 is 0.623 bits per heavy atom. The Labute approximate surface area is 376 Å². The van der Waals surface area contributed by atoms with Crippen LogP contribution in [0.25, 0.3) is 0 Å². The molecule has 0 N–H and O–H groups in total. The molecule has 0 saturated heterocycles. The van der Waals surface area contributed by atoms with Crippen molar-refractivity contribution in [2.45, 2.75) is 245 Å². The predicted octanol–water partition coefficient (Wildman–Crippen LogP) is 16.6. The largest absolute Gasteiger partial charge is 0.462 e. The van der Waals surface area contributed by atoms with E-state index in [0.717, 1.165) is 57.8 Å². The third-order valence-electron chi connectivity index (χ3n) is 10.7. The van der Waals surface area contributed by atoms with Gasteiger partial charge in [0.2, 0.25) is 0 Å². The smallest absolute Gasteiger partial charge is 0.306 e. The molecule has 350 valence electrons. The lowest BCUT2D eigenvalue weighted by Gasteiger charge is -2.18. The van der Waals surface area contributed by atoms with Crippen LogP contribution in [-0.2, 0) is 28.6 Å². The number of unbranched alkanes of at least 4 members (excludes halogenated alkanes) is 22. The molecule has 0 bridgehead atoms. The van der Waals surface area contributed by atoms with E-state index < -0.39 is 12.1 Å². The van der Waals surface area contributed by atoms with Gasteiger partial charge in [0.25, 0.3) is 0 Å². The number of esters is 3. The molecule has 0 aliphatic heterocycles. The van der Waals surface area contributed by atoms with Gasteiger partial charge in [0.05, 0.1) is 0 Å². The van der Waals surface area contributed by atoms with Gasteiger partial charge in [0.1, 0.15) is 13.2 Å². The monoisotopic (exact) mass is 851 g/mol. The molecule has 0 spiro atoms. The highest BCUT2D eigenvalue weighted by molar-refractivity contribution is 5.71. The molecule has 0 saturated carbocycles. The fraction of sp³-hybridized carbons (Fsp3) is 0.727. The number of carbonyl (C=O) groups is 3. The van der Waals surface area contributed by atoms with Crippen LogP contribution in [0.1, 0.15) is 239 Å². The molecular weight excluding hydrogens is 757 g/mol. The fourth-order valence-electron chi connectivity index (χ4n) is 6.81. The molecule has 0 heterocycles. The Kier molecular flexibility index (Phi) is 46.9. The van der Waals surface area contributed by atoms with Crippen LogP contribution in [0.5, 0.6) is 0 Å². The van der Waals surface area contributed by atoms with Crippen LogP contribution >= 0.6 is 0 Å². The van der Waals surface area contributed by atoms with Gasteiger partial charge in [-0.05, 0) is 89.9 Å². The van der Waals surface area contributed by atoms with Crippen LogP contribution in [0, 0.1) is 0 Å². The molecule has 1 atom stereocenters. The molecule has 0 fully saturated rings. The molecule has 0 aromatic carbocycles. The van der Waals surface area contributed by atoms with Gasteiger partial charge in [-0.2, -0.15) is 0 Å². The van der Waals surface area contributed by atoms with E-state index in [1.165, 1.54) is 128 Å². The van der Waals surface area contributed by atoms with Crippen LogP contribution in [0.4, 0.5) is 0 Å². The summed E-state index contributed by atoms with van der Waals surface area (Å²) in [6.45, 7) is 6.48. The topological polar surface area (TPSA) is 78.9 Å². The van der Waals surface area contributed by atoms with Gasteiger partial charge in [-0.3, -0.25) is 14.4 Å². The molecule has 1 unspecified atom stereocenters. The second-order valence-electron chi connectivity index (χ2n) is 16.7. The highest BCUT2D eigenvalue weighted by Crippen LogP contribution is 2.13. The van der Waals surface area contributed by atoms with Gasteiger partial charge in [0, 0.05) is 19.3 Å². The van der Waals surface area contributed by atoms with Crippen molar-refractivity contribution in [3.63, 3.8) is 0 Å². The van der Waals surface area contributed by atoms with E-state index in [-0.39, 0.29) is 38.0 Å². The summed E-state index contributed by atoms with van der Waals surface area (Å²) in [5, 5.41) is 0. The zero-order valence-corrected chi connectivity index (χ0v) is 39.9. The minimum atomic E-state index is -0.830. The lowest BCUT2D eigenvalue weighted by Crippen LogP contribution is -2.30. The molecule has 0 aromatic rings. The molecule has 61 heavy (non-hydrogen) atoms. The first kappa shape index (κ1) is 57.9. The maximum atomic E-state index is 12.7. The molecule has 0 aromatic heterocycles. The van der Waals surface area contributed by atoms with Crippen LogP contribution in [0.15, 0.2) is 72.9 Å². The number of ether oxygens (including phenoxy) is 3. The van der Waals surface area contributed by atoms with Crippen LogP contribution < -0.4 is 0 Å². The minimum absolute atomic E-state index is 0.119. The van der Waals surface area contributed by atoms with E-state index in [4.69, 9.17) is 14.2 Å². The molecular formula is C55H94O6. The molecule has 6 heteroatoms. The average Bonchev–Trinajstić information content (AvgIpc) is 3.26. The van der Waals surface area contributed by atoms with Crippen LogP contribution in [0.3, 0.4) is 0 Å². The molecule has 0 amide bonds. The quantitative estimate of drug-likeness (QED) is 0.0263. The number of rotatable bonds is 45. The van der Waals surface area contributed by atoms with Crippen molar-refractivity contribution in [3.8, 4) is 0 Å². The van der Waals surface area contributed by atoms with Crippen LogP contribution in [0.2, 0.25) is 0 Å². The molecule has 0 aliphatic rings. The van der Waals surface area contributed by atoms with Crippen molar-refractivity contribution in [3.05, 3.63) is 72.9 Å². The van der Waals surface area contributed by atoms with Gasteiger partial charge >= 0.3 is 17.9 Å². The lowest BCUT2D eigenvalue weighted by molar-refractivity contribution is -0.166. The van der Waals surface area contributed by atoms with E-state index in [1.54, 1.807) is 0 Å². The van der Waals surface area contributed by atoms with E-state index in [1.807, 2.05) is 12.2 Å². The van der Waals surface area contributed by atoms with Crippen LogP contribution in [-0.4, -0.2) is 37.2 Å². The summed E-state index contributed by atoms with van der Waals surface area (Å²) in [7, 11) is 0. The van der Waals surface area contributed by atoms with Gasteiger partial charge in [-0.15, -0.1) is 0 Å². The Morgan fingerprint density at radius 1 is 0.328 bits per heavy atom. The molecule has 0 aliphatic carbocycles. The third-order valence-corrected chi connectivity index (χ3v) is 10.7. The normalized spacial score (nSPS) is 12.6. The summed E-state index contributed by atoms with van der Waals surface area (Å²) in [5.41, 5.74) is 0. The fourth-order valence-corrected chi connectivity index (χ4v) is 6.81. The SMILES string of the molecule is CCCCC/C=C\C/C=C\CCCCCCCCCC(=O)OCC(COC(=O)CC/C=C\C/C=C\CCCCCCCC)OC(=O)CC/C=C\C/C=C\CCCCCCCC.